The third kappa shape index (κ3) is 2.53. The summed E-state index contributed by atoms with van der Waals surface area (Å²) in [5, 5.41) is 0. The van der Waals surface area contributed by atoms with Crippen LogP contribution in [-0.4, -0.2) is 19.0 Å². The van der Waals surface area contributed by atoms with Crippen molar-refractivity contribution < 1.29 is 9.18 Å². The van der Waals surface area contributed by atoms with Gasteiger partial charge < -0.3 is 10.6 Å². The zero-order valence-corrected chi connectivity index (χ0v) is 10.7. The summed E-state index contributed by atoms with van der Waals surface area (Å²) in [4.78, 5) is 14.0. The molecule has 1 aromatic carbocycles. The van der Waals surface area contributed by atoms with Gasteiger partial charge in [-0.25, -0.2) is 4.39 Å². The van der Waals surface area contributed by atoms with Crippen molar-refractivity contribution in [2.24, 2.45) is 11.7 Å². The highest BCUT2D eigenvalue weighted by Gasteiger charge is 2.27. The van der Waals surface area contributed by atoms with Crippen molar-refractivity contribution in [2.75, 3.05) is 18.0 Å². The summed E-state index contributed by atoms with van der Waals surface area (Å²) in [5.74, 6) is -0.265. The first-order valence-corrected chi connectivity index (χ1v) is 6.43. The topological polar surface area (TPSA) is 46.3 Å². The van der Waals surface area contributed by atoms with E-state index in [1.807, 2.05) is 6.92 Å². The van der Waals surface area contributed by atoms with Crippen molar-refractivity contribution >= 4 is 11.6 Å². The van der Waals surface area contributed by atoms with Crippen molar-refractivity contribution in [2.45, 2.75) is 26.2 Å². The molecule has 18 heavy (non-hydrogen) atoms. The maximum atomic E-state index is 13.2. The summed E-state index contributed by atoms with van der Waals surface area (Å²) >= 11 is 0. The molecule has 0 bridgehead atoms. The monoisotopic (exact) mass is 250 g/mol. The Hall–Kier alpha value is -1.42. The van der Waals surface area contributed by atoms with E-state index in [9.17, 15) is 9.18 Å². The number of carbonyl (C=O) groups is 1. The first-order chi connectivity index (χ1) is 8.63. The number of amides is 1. The van der Waals surface area contributed by atoms with E-state index in [2.05, 4.69) is 0 Å². The van der Waals surface area contributed by atoms with E-state index in [1.165, 1.54) is 12.1 Å². The lowest BCUT2D eigenvalue weighted by Crippen LogP contribution is -2.34. The molecule has 1 aromatic rings. The van der Waals surface area contributed by atoms with Crippen LogP contribution in [0.1, 0.15) is 25.3 Å². The van der Waals surface area contributed by atoms with Crippen LogP contribution in [0.3, 0.4) is 0 Å². The summed E-state index contributed by atoms with van der Waals surface area (Å²) in [6.45, 7) is 3.17. The van der Waals surface area contributed by atoms with Gasteiger partial charge in [0.15, 0.2) is 0 Å². The highest BCUT2D eigenvalue weighted by atomic mass is 19.1. The van der Waals surface area contributed by atoms with Gasteiger partial charge in [-0.3, -0.25) is 4.79 Å². The number of hydrogen-bond donors (Lipinski definition) is 1. The third-order valence-corrected chi connectivity index (χ3v) is 3.47. The molecule has 0 saturated heterocycles. The maximum Gasteiger partial charge on any atom is 0.229 e. The van der Waals surface area contributed by atoms with Gasteiger partial charge in [-0.15, -0.1) is 0 Å². The van der Waals surface area contributed by atoms with Gasteiger partial charge in [0.05, 0.1) is 0 Å². The number of benzene rings is 1. The van der Waals surface area contributed by atoms with Crippen LogP contribution >= 0.6 is 0 Å². The fourth-order valence-corrected chi connectivity index (χ4v) is 2.39. The Morgan fingerprint density at radius 2 is 2.33 bits per heavy atom. The maximum absolute atomic E-state index is 13.2. The van der Waals surface area contributed by atoms with Crippen LogP contribution in [0.2, 0.25) is 0 Å². The van der Waals surface area contributed by atoms with E-state index in [1.54, 1.807) is 11.0 Å². The molecule has 0 fully saturated rings. The molecule has 1 aliphatic rings. The lowest BCUT2D eigenvalue weighted by Gasteiger charge is -2.21. The van der Waals surface area contributed by atoms with Gasteiger partial charge >= 0.3 is 0 Å². The number of nitrogens with two attached hydrogens (primary N) is 1. The Kier molecular flexibility index (Phi) is 3.97. The van der Waals surface area contributed by atoms with Gasteiger partial charge in [0.1, 0.15) is 5.82 Å². The van der Waals surface area contributed by atoms with E-state index in [4.69, 9.17) is 5.73 Å². The molecule has 0 spiro atoms. The average molecular weight is 250 g/mol. The Morgan fingerprint density at radius 3 is 3.06 bits per heavy atom. The van der Waals surface area contributed by atoms with Crippen LogP contribution in [0, 0.1) is 11.7 Å². The van der Waals surface area contributed by atoms with Crippen LogP contribution < -0.4 is 10.6 Å². The molecule has 1 atom stereocenters. The molecule has 1 heterocycles. The minimum atomic E-state index is -0.289. The lowest BCUT2D eigenvalue weighted by molar-refractivity contribution is -0.122. The zero-order valence-electron chi connectivity index (χ0n) is 10.7. The smallest absolute Gasteiger partial charge is 0.229 e. The average Bonchev–Trinajstić information content (AvgIpc) is 2.77. The molecule has 0 aliphatic carbocycles. The Morgan fingerprint density at radius 1 is 1.56 bits per heavy atom. The van der Waals surface area contributed by atoms with Gasteiger partial charge in [0, 0.05) is 18.2 Å². The van der Waals surface area contributed by atoms with E-state index in [-0.39, 0.29) is 17.6 Å². The molecule has 2 N–H and O–H groups in total. The molecule has 2 rings (SSSR count). The summed E-state index contributed by atoms with van der Waals surface area (Å²) in [5.41, 5.74) is 7.24. The van der Waals surface area contributed by atoms with Gasteiger partial charge in [0.2, 0.25) is 5.91 Å². The number of halogens is 1. The Balaban J connectivity index is 2.12. The number of nitrogens with zero attached hydrogens (tertiary/aromatic N) is 1. The van der Waals surface area contributed by atoms with Crippen LogP contribution in [0.5, 0.6) is 0 Å². The van der Waals surface area contributed by atoms with Crippen molar-refractivity contribution in [1.82, 2.24) is 0 Å². The minimum absolute atomic E-state index is 0.0530. The van der Waals surface area contributed by atoms with Crippen LogP contribution in [-0.2, 0) is 11.2 Å². The number of anilines is 1. The highest BCUT2D eigenvalue weighted by molar-refractivity contribution is 5.96. The predicted octanol–water partition coefficient (Wildman–Crippen LogP) is 2.09. The van der Waals surface area contributed by atoms with E-state index < -0.39 is 0 Å². The second-order valence-corrected chi connectivity index (χ2v) is 4.84. The number of fused-ring (bicyclic) bond motifs is 1. The number of hydrogen-bond acceptors (Lipinski definition) is 2. The largest absolute Gasteiger partial charge is 0.330 e. The molecule has 3 nitrogen and oxygen atoms in total. The van der Waals surface area contributed by atoms with Crippen molar-refractivity contribution in [3.63, 3.8) is 0 Å². The summed E-state index contributed by atoms with van der Waals surface area (Å²) in [6, 6.07) is 4.67. The standard InChI is InChI=1S/C14H19FN2O/c1-10(3-2-7-16)14(18)17-8-6-11-4-5-12(15)9-13(11)17/h4-5,9-10H,2-3,6-8,16H2,1H3. The molecule has 1 aliphatic heterocycles. The van der Waals surface area contributed by atoms with Gasteiger partial charge in [-0.05, 0) is 43.5 Å². The predicted molar refractivity (Wildman–Crippen MR) is 69.9 cm³/mol. The van der Waals surface area contributed by atoms with E-state index in [0.29, 0.717) is 13.1 Å². The Bertz CT molecular complexity index is 447. The minimum Gasteiger partial charge on any atom is -0.330 e. The first kappa shape index (κ1) is 13.0. The molecule has 1 unspecified atom stereocenters. The molecule has 1 amide bonds. The van der Waals surface area contributed by atoms with Gasteiger partial charge in [-0.1, -0.05) is 13.0 Å². The molecular formula is C14H19FN2O. The summed E-state index contributed by atoms with van der Waals surface area (Å²) in [7, 11) is 0. The second kappa shape index (κ2) is 5.48. The number of carbonyl (C=O) groups excluding carboxylic acids is 1. The first-order valence-electron chi connectivity index (χ1n) is 6.43. The van der Waals surface area contributed by atoms with Crippen molar-refractivity contribution in [3.05, 3.63) is 29.6 Å². The molecule has 4 heteroatoms. The second-order valence-electron chi connectivity index (χ2n) is 4.84. The van der Waals surface area contributed by atoms with Crippen LogP contribution in [0.25, 0.3) is 0 Å². The van der Waals surface area contributed by atoms with E-state index >= 15 is 0 Å². The number of rotatable bonds is 4. The highest BCUT2D eigenvalue weighted by Crippen LogP contribution is 2.30. The zero-order chi connectivity index (χ0) is 13.1. The normalized spacial score (nSPS) is 15.6. The van der Waals surface area contributed by atoms with Crippen LogP contribution in [0.15, 0.2) is 18.2 Å². The van der Waals surface area contributed by atoms with Crippen molar-refractivity contribution in [1.29, 1.82) is 0 Å². The third-order valence-electron chi connectivity index (χ3n) is 3.47. The fraction of sp³-hybridized carbons (Fsp3) is 0.500. The summed E-state index contributed by atoms with van der Waals surface area (Å²) < 4.78 is 13.2. The lowest BCUT2D eigenvalue weighted by atomic mass is 10.0. The SMILES string of the molecule is CC(CCCN)C(=O)N1CCc2ccc(F)cc21. The van der Waals surface area contributed by atoms with Gasteiger partial charge in [0.25, 0.3) is 0 Å². The Labute approximate surface area is 107 Å². The fourth-order valence-electron chi connectivity index (χ4n) is 2.39. The van der Waals surface area contributed by atoms with Crippen molar-refractivity contribution in [3.8, 4) is 0 Å². The molecule has 98 valence electrons. The molecule has 0 aromatic heterocycles. The molecule has 0 radical (unpaired) electrons. The molecule has 0 saturated carbocycles. The van der Waals surface area contributed by atoms with Gasteiger partial charge in [-0.2, -0.15) is 0 Å². The van der Waals surface area contributed by atoms with Crippen LogP contribution in [0.4, 0.5) is 10.1 Å². The quantitative estimate of drug-likeness (QED) is 0.889. The van der Waals surface area contributed by atoms with E-state index in [0.717, 1.165) is 30.5 Å². The molecular weight excluding hydrogens is 231 g/mol. The summed E-state index contributed by atoms with van der Waals surface area (Å²) in [6.07, 6.45) is 2.44.